The van der Waals surface area contributed by atoms with Gasteiger partial charge in [-0.1, -0.05) is 96.8 Å². The van der Waals surface area contributed by atoms with Gasteiger partial charge in [0.2, 0.25) is 0 Å². The average molecular weight is 544 g/mol. The van der Waals surface area contributed by atoms with E-state index in [1.807, 2.05) is 0 Å². The summed E-state index contributed by atoms with van der Waals surface area (Å²) in [6.45, 7) is 4.37. The van der Waals surface area contributed by atoms with Gasteiger partial charge in [0, 0.05) is 13.0 Å². The number of hydrogen-bond donors (Lipinski definition) is 4. The van der Waals surface area contributed by atoms with Gasteiger partial charge in [-0.25, -0.2) is 0 Å². The molecule has 10 heteroatoms. The zero-order chi connectivity index (χ0) is 26.6. The van der Waals surface area contributed by atoms with Crippen LogP contribution >= 0.6 is 15.2 Å². The summed E-state index contributed by atoms with van der Waals surface area (Å²) < 4.78 is 23.3. The second-order valence-electron chi connectivity index (χ2n) is 11.0. The van der Waals surface area contributed by atoms with E-state index in [2.05, 4.69) is 21.0 Å². The third-order valence-corrected chi connectivity index (χ3v) is 8.16. The molecule has 0 aliphatic heterocycles. The molecule has 0 aromatic carbocycles. The Hall–Kier alpha value is 0.220. The van der Waals surface area contributed by atoms with Gasteiger partial charge in [-0.15, -0.1) is 0 Å². The summed E-state index contributed by atoms with van der Waals surface area (Å²) in [5.74, 6) is 0. The van der Waals surface area contributed by atoms with Gasteiger partial charge < -0.3 is 24.1 Å². The van der Waals surface area contributed by atoms with Gasteiger partial charge in [-0.3, -0.25) is 14.0 Å². The lowest BCUT2D eigenvalue weighted by Gasteiger charge is -2.31. The lowest BCUT2D eigenvalue weighted by atomic mass is 10.0. The van der Waals surface area contributed by atoms with Crippen molar-refractivity contribution >= 4 is 15.2 Å². The molecule has 0 aromatic rings. The standard InChI is InChI=1S/C25H56N2O6P2/c1-4-5-6-7-8-9-10-11-12-13-14-15-16-17-18-19-22-27(2,3)23-20-21-26(24-34(28,29)30)25-35(31,32)33/h4-25H2,1-3H3,(H3-,28,29,30,31,32,33)/p+1. The molecule has 0 fully saturated rings. The Labute approximate surface area is 215 Å². The quantitative estimate of drug-likeness (QED) is 0.0607. The third-order valence-electron chi connectivity index (χ3n) is 6.62. The van der Waals surface area contributed by atoms with E-state index in [1.54, 1.807) is 0 Å². The molecule has 0 unspecified atom stereocenters. The Morgan fingerprint density at radius 2 is 0.857 bits per heavy atom. The molecule has 0 atom stereocenters. The first-order valence-corrected chi connectivity index (χ1v) is 17.6. The van der Waals surface area contributed by atoms with E-state index < -0.39 is 27.8 Å². The van der Waals surface area contributed by atoms with Crippen molar-refractivity contribution in [3.8, 4) is 0 Å². The normalized spacial score (nSPS) is 13.1. The molecule has 8 nitrogen and oxygen atoms in total. The molecule has 0 heterocycles. The van der Waals surface area contributed by atoms with Crippen LogP contribution in [0.5, 0.6) is 0 Å². The van der Waals surface area contributed by atoms with Gasteiger partial charge in [0.05, 0.1) is 27.2 Å². The van der Waals surface area contributed by atoms with E-state index in [-0.39, 0.29) is 6.54 Å². The van der Waals surface area contributed by atoms with Crippen molar-refractivity contribution in [3.63, 3.8) is 0 Å². The molecular weight excluding hydrogens is 486 g/mol. The highest BCUT2D eigenvalue weighted by Gasteiger charge is 2.26. The van der Waals surface area contributed by atoms with Crippen molar-refractivity contribution in [2.45, 2.75) is 116 Å². The van der Waals surface area contributed by atoms with E-state index >= 15 is 0 Å². The third kappa shape index (κ3) is 27.1. The predicted molar refractivity (Wildman–Crippen MR) is 147 cm³/mol. The predicted octanol–water partition coefficient (Wildman–Crippen LogP) is 6.29. The molecule has 0 aliphatic carbocycles. The Morgan fingerprint density at radius 1 is 0.543 bits per heavy atom. The molecule has 0 saturated carbocycles. The van der Waals surface area contributed by atoms with Crippen molar-refractivity contribution in [2.75, 3.05) is 46.3 Å². The second kappa shape index (κ2) is 20.2. The molecular formula is C25H57N2O6P2+. The summed E-state index contributed by atoms with van der Waals surface area (Å²) in [6, 6.07) is 0. The van der Waals surface area contributed by atoms with E-state index in [9.17, 15) is 9.13 Å². The number of nitrogens with zero attached hydrogens (tertiary/aromatic N) is 2. The van der Waals surface area contributed by atoms with Crippen LogP contribution in [-0.4, -0.2) is 75.3 Å². The minimum Gasteiger partial charge on any atom is -0.328 e. The summed E-state index contributed by atoms with van der Waals surface area (Å²) in [5.41, 5.74) is 0. The monoisotopic (exact) mass is 543 g/mol. The van der Waals surface area contributed by atoms with Crippen molar-refractivity contribution in [1.29, 1.82) is 0 Å². The van der Waals surface area contributed by atoms with Gasteiger partial charge in [-0.2, -0.15) is 0 Å². The first-order chi connectivity index (χ1) is 16.3. The van der Waals surface area contributed by atoms with Crippen LogP contribution in [-0.2, 0) is 9.13 Å². The first-order valence-electron chi connectivity index (χ1n) is 14.0. The zero-order valence-corrected chi connectivity index (χ0v) is 24.7. The molecule has 0 radical (unpaired) electrons. The number of rotatable bonds is 25. The summed E-state index contributed by atoms with van der Waals surface area (Å²) in [4.78, 5) is 37.9. The Balaban J connectivity index is 3.73. The average Bonchev–Trinajstić information content (AvgIpc) is 2.71. The molecule has 0 bridgehead atoms. The molecule has 4 N–H and O–H groups in total. The number of quaternary nitrogens is 1. The highest BCUT2D eigenvalue weighted by atomic mass is 31.2. The minimum atomic E-state index is -4.36. The molecule has 0 aliphatic rings. The highest BCUT2D eigenvalue weighted by molar-refractivity contribution is 7.52. The van der Waals surface area contributed by atoms with Crippen molar-refractivity contribution in [1.82, 2.24) is 4.90 Å². The number of unbranched alkanes of at least 4 members (excludes halogenated alkanes) is 15. The Morgan fingerprint density at radius 3 is 1.20 bits per heavy atom. The van der Waals surface area contributed by atoms with Crippen LogP contribution in [0, 0.1) is 0 Å². The largest absolute Gasteiger partial charge is 0.339 e. The fourth-order valence-corrected chi connectivity index (χ4v) is 6.31. The Bertz CT molecular complexity index is 571. The fourth-order valence-electron chi connectivity index (χ4n) is 4.63. The van der Waals surface area contributed by atoms with E-state index in [4.69, 9.17) is 19.6 Å². The zero-order valence-electron chi connectivity index (χ0n) is 23.0. The van der Waals surface area contributed by atoms with Gasteiger partial charge in [0.25, 0.3) is 0 Å². The van der Waals surface area contributed by atoms with Crippen LogP contribution < -0.4 is 0 Å². The molecule has 0 aromatic heterocycles. The van der Waals surface area contributed by atoms with E-state index in [0.29, 0.717) is 6.42 Å². The minimum absolute atomic E-state index is 0.261. The molecule has 0 amide bonds. The summed E-state index contributed by atoms with van der Waals surface area (Å²) in [7, 11) is -4.44. The Kier molecular flexibility index (Phi) is 20.3. The van der Waals surface area contributed by atoms with Crippen LogP contribution in [0.1, 0.15) is 116 Å². The molecule has 0 rings (SSSR count). The molecule has 35 heavy (non-hydrogen) atoms. The summed E-state index contributed by atoms with van der Waals surface area (Å²) in [6.07, 6.45) is 21.0. The topological polar surface area (TPSA) is 118 Å². The maximum atomic E-state index is 11.3. The lowest BCUT2D eigenvalue weighted by molar-refractivity contribution is -0.890. The lowest BCUT2D eigenvalue weighted by Crippen LogP contribution is -2.42. The van der Waals surface area contributed by atoms with Crippen LogP contribution in [0.4, 0.5) is 0 Å². The fraction of sp³-hybridized carbons (Fsp3) is 1.00. The van der Waals surface area contributed by atoms with Gasteiger partial charge in [0.15, 0.2) is 0 Å². The van der Waals surface area contributed by atoms with Crippen molar-refractivity contribution in [2.24, 2.45) is 0 Å². The summed E-state index contributed by atoms with van der Waals surface area (Å²) >= 11 is 0. The van der Waals surface area contributed by atoms with Crippen LogP contribution in [0.25, 0.3) is 0 Å². The van der Waals surface area contributed by atoms with E-state index in [1.165, 1.54) is 101 Å². The van der Waals surface area contributed by atoms with Gasteiger partial charge >= 0.3 is 15.2 Å². The summed E-state index contributed by atoms with van der Waals surface area (Å²) in [5, 5.41) is 0. The van der Waals surface area contributed by atoms with Crippen molar-refractivity contribution in [3.05, 3.63) is 0 Å². The van der Waals surface area contributed by atoms with Crippen LogP contribution in [0.2, 0.25) is 0 Å². The first kappa shape index (κ1) is 35.2. The van der Waals surface area contributed by atoms with Crippen LogP contribution in [0.3, 0.4) is 0 Å². The van der Waals surface area contributed by atoms with E-state index in [0.717, 1.165) is 24.0 Å². The van der Waals surface area contributed by atoms with Gasteiger partial charge in [-0.05, 0) is 12.8 Å². The highest BCUT2D eigenvalue weighted by Crippen LogP contribution is 2.40. The molecule has 212 valence electrons. The van der Waals surface area contributed by atoms with Crippen molar-refractivity contribution < 1.29 is 33.2 Å². The molecule has 0 spiro atoms. The second-order valence-corrected chi connectivity index (χ2v) is 14.3. The maximum absolute atomic E-state index is 11.3. The SMILES string of the molecule is CCCCCCCCCCCCCCCCCC[N+](C)(C)CCCN(CP(=O)(O)O)CP(=O)(O)O. The smallest absolute Gasteiger partial charge is 0.328 e. The maximum Gasteiger partial charge on any atom is 0.339 e. The number of hydrogen-bond acceptors (Lipinski definition) is 3. The van der Waals surface area contributed by atoms with Crippen LogP contribution in [0.15, 0.2) is 0 Å². The molecule has 0 saturated heterocycles. The van der Waals surface area contributed by atoms with Gasteiger partial charge in [0.1, 0.15) is 12.6 Å².